The molecule has 0 aromatic heterocycles. The lowest BCUT2D eigenvalue weighted by atomic mass is 9.84. The Morgan fingerprint density at radius 1 is 0.931 bits per heavy atom. The molecule has 2 aromatic carbocycles. The number of amides is 1. The van der Waals surface area contributed by atoms with Gasteiger partial charge in [-0.25, -0.2) is 0 Å². The Balaban J connectivity index is 1.50. The Bertz CT molecular complexity index is 982. The summed E-state index contributed by atoms with van der Waals surface area (Å²) in [4.78, 5) is 38.2. The van der Waals surface area contributed by atoms with Gasteiger partial charge in [-0.05, 0) is 43.9 Å². The molecule has 150 valence electrons. The third-order valence-corrected chi connectivity index (χ3v) is 6.16. The molecule has 0 saturated heterocycles. The topological polar surface area (TPSA) is 75.3 Å². The molecule has 5 nitrogen and oxygen atoms in total. The monoisotopic (exact) mass is 390 g/mol. The van der Waals surface area contributed by atoms with Crippen molar-refractivity contribution in [3.05, 3.63) is 64.7 Å². The molecular weight excluding hydrogens is 364 g/mol. The molecule has 0 aliphatic heterocycles. The van der Waals surface area contributed by atoms with E-state index in [-0.39, 0.29) is 23.5 Å². The zero-order chi connectivity index (χ0) is 20.5. The highest BCUT2D eigenvalue weighted by Gasteiger charge is 2.30. The Morgan fingerprint density at radius 2 is 1.55 bits per heavy atom. The zero-order valence-corrected chi connectivity index (χ0v) is 16.8. The van der Waals surface area contributed by atoms with Crippen LogP contribution in [0.1, 0.15) is 71.4 Å². The highest BCUT2D eigenvalue weighted by molar-refractivity contribution is 6.28. The number of rotatable bonds is 4. The predicted molar refractivity (Wildman–Crippen MR) is 112 cm³/mol. The average Bonchev–Trinajstić information content (AvgIpc) is 2.73. The number of anilines is 1. The molecule has 2 aromatic rings. The van der Waals surface area contributed by atoms with Gasteiger partial charge in [0.05, 0.1) is 6.04 Å². The van der Waals surface area contributed by atoms with Crippen LogP contribution in [0.5, 0.6) is 0 Å². The fraction of sp³-hybridized carbons (Fsp3) is 0.375. The summed E-state index contributed by atoms with van der Waals surface area (Å²) < 4.78 is 0. The van der Waals surface area contributed by atoms with Crippen LogP contribution in [0.15, 0.2) is 42.5 Å². The molecule has 1 saturated carbocycles. The van der Waals surface area contributed by atoms with Crippen LogP contribution in [0.3, 0.4) is 0 Å². The first-order chi connectivity index (χ1) is 14.0. The van der Waals surface area contributed by atoms with Gasteiger partial charge in [-0.15, -0.1) is 0 Å². The summed E-state index contributed by atoms with van der Waals surface area (Å²) in [5.74, 6) is 0.0760. The van der Waals surface area contributed by atoms with Gasteiger partial charge in [0, 0.05) is 34.0 Å². The highest BCUT2D eigenvalue weighted by Crippen LogP contribution is 2.29. The zero-order valence-electron chi connectivity index (χ0n) is 16.8. The maximum atomic E-state index is 12.8. The second kappa shape index (κ2) is 7.91. The van der Waals surface area contributed by atoms with Crippen molar-refractivity contribution in [3.63, 3.8) is 0 Å². The fourth-order valence-electron chi connectivity index (χ4n) is 4.39. The summed E-state index contributed by atoms with van der Waals surface area (Å²) in [6.45, 7) is 4.09. The summed E-state index contributed by atoms with van der Waals surface area (Å²) >= 11 is 0. The number of carbonyl (C=O) groups excluding carboxylic acids is 3. The van der Waals surface area contributed by atoms with Crippen LogP contribution in [0.25, 0.3) is 0 Å². The normalized spacial score (nSPS) is 21.9. The lowest BCUT2D eigenvalue weighted by Gasteiger charge is -2.31. The third kappa shape index (κ3) is 3.75. The molecule has 29 heavy (non-hydrogen) atoms. The van der Waals surface area contributed by atoms with Gasteiger partial charge in [-0.3, -0.25) is 14.4 Å². The van der Waals surface area contributed by atoms with Gasteiger partial charge in [0.2, 0.25) is 5.91 Å². The lowest BCUT2D eigenvalue weighted by molar-refractivity contribution is -0.118. The van der Waals surface area contributed by atoms with Crippen LogP contribution in [-0.2, 0) is 4.79 Å². The molecule has 5 heteroatoms. The summed E-state index contributed by atoms with van der Waals surface area (Å²) in [7, 11) is 0. The predicted octanol–water partition coefficient (Wildman–Crippen LogP) is 3.96. The van der Waals surface area contributed by atoms with E-state index in [2.05, 4.69) is 17.6 Å². The average molecular weight is 390 g/mol. The fourth-order valence-corrected chi connectivity index (χ4v) is 4.39. The van der Waals surface area contributed by atoms with Gasteiger partial charge in [0.25, 0.3) is 0 Å². The number of benzene rings is 2. The molecule has 0 unspecified atom stereocenters. The number of hydrogen-bond acceptors (Lipinski definition) is 4. The van der Waals surface area contributed by atoms with Gasteiger partial charge in [-0.1, -0.05) is 44.0 Å². The van der Waals surface area contributed by atoms with Crippen molar-refractivity contribution in [1.29, 1.82) is 0 Å². The molecule has 2 aliphatic rings. The Hall–Kier alpha value is -2.79. The third-order valence-electron chi connectivity index (χ3n) is 6.16. The Kier molecular flexibility index (Phi) is 5.33. The van der Waals surface area contributed by atoms with E-state index in [1.54, 1.807) is 42.5 Å². The van der Waals surface area contributed by atoms with Crippen LogP contribution in [0, 0.1) is 5.92 Å². The van der Waals surface area contributed by atoms with Crippen LogP contribution in [-0.4, -0.2) is 29.6 Å². The molecule has 0 heterocycles. The Labute approximate surface area is 170 Å². The van der Waals surface area contributed by atoms with E-state index in [0.29, 0.717) is 39.9 Å². The van der Waals surface area contributed by atoms with Gasteiger partial charge in [-0.2, -0.15) is 0 Å². The molecule has 0 spiro atoms. The van der Waals surface area contributed by atoms with E-state index in [9.17, 15) is 14.4 Å². The summed E-state index contributed by atoms with van der Waals surface area (Å²) in [6.07, 6.45) is 4.73. The first-order valence-electron chi connectivity index (χ1n) is 10.3. The molecule has 0 bridgehead atoms. The smallest absolute Gasteiger partial charge is 0.241 e. The second-order valence-corrected chi connectivity index (χ2v) is 8.21. The molecule has 1 amide bonds. The minimum Gasteiger partial charge on any atom is -0.325 e. The minimum absolute atomic E-state index is 0.141. The van der Waals surface area contributed by atoms with Crippen molar-refractivity contribution in [2.75, 3.05) is 5.32 Å². The van der Waals surface area contributed by atoms with E-state index >= 15 is 0 Å². The van der Waals surface area contributed by atoms with E-state index in [0.717, 1.165) is 6.42 Å². The van der Waals surface area contributed by atoms with E-state index < -0.39 is 0 Å². The number of hydrogen-bond donors (Lipinski definition) is 2. The van der Waals surface area contributed by atoms with Crippen molar-refractivity contribution in [2.45, 2.75) is 51.6 Å². The minimum atomic E-state index is -0.338. The van der Waals surface area contributed by atoms with Crippen LogP contribution >= 0.6 is 0 Å². The van der Waals surface area contributed by atoms with Gasteiger partial charge in [0.1, 0.15) is 0 Å². The first-order valence-corrected chi connectivity index (χ1v) is 10.3. The maximum Gasteiger partial charge on any atom is 0.241 e. The highest BCUT2D eigenvalue weighted by atomic mass is 16.2. The lowest BCUT2D eigenvalue weighted by Crippen LogP contribution is -2.47. The maximum absolute atomic E-state index is 12.8. The van der Waals surface area contributed by atoms with Crippen LogP contribution in [0.2, 0.25) is 0 Å². The van der Waals surface area contributed by atoms with E-state index in [1.807, 2.05) is 6.92 Å². The summed E-state index contributed by atoms with van der Waals surface area (Å²) in [5, 5.41) is 6.34. The first kappa shape index (κ1) is 19.5. The molecule has 0 radical (unpaired) electrons. The van der Waals surface area contributed by atoms with Crippen LogP contribution in [0.4, 0.5) is 5.69 Å². The molecular formula is C24H26N2O3. The SMILES string of the molecule is C[C@H](N[C@@H]1CCCC[C@H]1C)C(=O)Nc1ccc2c(c1)C(=O)c1ccccc1C2=O. The Morgan fingerprint density at radius 3 is 2.24 bits per heavy atom. The second-order valence-electron chi connectivity index (χ2n) is 8.21. The van der Waals surface area contributed by atoms with Gasteiger partial charge in [0.15, 0.2) is 11.6 Å². The number of fused-ring (bicyclic) bond motifs is 2. The van der Waals surface area contributed by atoms with Crippen molar-refractivity contribution in [3.8, 4) is 0 Å². The van der Waals surface area contributed by atoms with E-state index in [1.165, 1.54) is 19.3 Å². The number of ketones is 2. The van der Waals surface area contributed by atoms with E-state index in [4.69, 9.17) is 0 Å². The van der Waals surface area contributed by atoms with Gasteiger partial charge >= 0.3 is 0 Å². The van der Waals surface area contributed by atoms with Gasteiger partial charge < -0.3 is 10.6 Å². The number of carbonyl (C=O) groups is 3. The summed E-state index contributed by atoms with van der Waals surface area (Å²) in [5.41, 5.74) is 2.09. The van der Waals surface area contributed by atoms with Crippen molar-refractivity contribution < 1.29 is 14.4 Å². The number of nitrogens with one attached hydrogen (secondary N) is 2. The standard InChI is InChI=1S/C24H26N2O3/c1-14-7-3-6-10-21(14)25-15(2)24(29)26-16-11-12-19-20(13-16)23(28)18-9-5-4-8-17(18)22(19)27/h4-5,8-9,11-15,21,25H,3,6-7,10H2,1-2H3,(H,26,29)/t14-,15+,21-/m1/s1. The van der Waals surface area contributed by atoms with Crippen molar-refractivity contribution >= 4 is 23.2 Å². The largest absolute Gasteiger partial charge is 0.325 e. The summed E-state index contributed by atoms with van der Waals surface area (Å²) in [6, 6.07) is 11.8. The molecule has 4 rings (SSSR count). The van der Waals surface area contributed by atoms with Crippen molar-refractivity contribution in [2.24, 2.45) is 5.92 Å². The molecule has 3 atom stereocenters. The molecule has 2 N–H and O–H groups in total. The molecule has 2 aliphatic carbocycles. The van der Waals surface area contributed by atoms with Crippen LogP contribution < -0.4 is 10.6 Å². The molecule has 1 fully saturated rings. The van der Waals surface area contributed by atoms with Crippen molar-refractivity contribution in [1.82, 2.24) is 5.32 Å². The quantitative estimate of drug-likeness (QED) is 0.707.